The predicted octanol–water partition coefficient (Wildman–Crippen LogP) is 2.80. The van der Waals surface area contributed by atoms with Crippen LogP contribution in [0.2, 0.25) is 0 Å². The number of ether oxygens (including phenoxy) is 2. The fraction of sp³-hybridized carbons (Fsp3) is 0.462. The van der Waals surface area contributed by atoms with Crippen molar-refractivity contribution in [3.8, 4) is 17.4 Å². The molecular weight excluding hydrogens is 444 g/mol. The van der Waals surface area contributed by atoms with Gasteiger partial charge in [0.1, 0.15) is 0 Å². The molecule has 2 aromatic heterocycles. The number of carbonyl (C=O) groups is 1. The third-order valence-electron chi connectivity index (χ3n) is 6.51. The van der Waals surface area contributed by atoms with Crippen molar-refractivity contribution in [3.05, 3.63) is 58.2 Å². The van der Waals surface area contributed by atoms with Crippen LogP contribution in [0, 0.1) is 27.7 Å². The standard InChI is InChI=1S/C26H34N6O3/c1-17-13-18(2)28-26(27-17)32-20(4)22(19(3)29-32)15-25(33)31-11-9-30(10-12-31)16-21-7-8-23(34-5)24(14-21)35-6/h7-8,13-14H,9-12,15-16H2,1-6H3. The minimum Gasteiger partial charge on any atom is -0.493 e. The van der Waals surface area contributed by atoms with Crippen molar-refractivity contribution in [2.75, 3.05) is 40.4 Å². The maximum Gasteiger partial charge on any atom is 0.251 e. The van der Waals surface area contributed by atoms with E-state index in [1.165, 1.54) is 0 Å². The van der Waals surface area contributed by atoms with Gasteiger partial charge in [-0.05, 0) is 51.5 Å². The molecule has 0 unspecified atom stereocenters. The molecule has 1 aliphatic rings. The van der Waals surface area contributed by atoms with Crippen molar-refractivity contribution in [2.45, 2.75) is 40.7 Å². The Balaban J connectivity index is 1.38. The molecule has 1 aromatic carbocycles. The van der Waals surface area contributed by atoms with Crippen molar-refractivity contribution >= 4 is 5.91 Å². The highest BCUT2D eigenvalue weighted by atomic mass is 16.5. The Labute approximate surface area is 206 Å². The monoisotopic (exact) mass is 478 g/mol. The summed E-state index contributed by atoms with van der Waals surface area (Å²) < 4.78 is 12.5. The molecule has 0 bridgehead atoms. The third kappa shape index (κ3) is 5.45. The van der Waals surface area contributed by atoms with Gasteiger partial charge in [-0.1, -0.05) is 6.07 Å². The van der Waals surface area contributed by atoms with Crippen LogP contribution in [0.4, 0.5) is 0 Å². The quantitative estimate of drug-likeness (QED) is 0.516. The summed E-state index contributed by atoms with van der Waals surface area (Å²) in [5.74, 6) is 2.13. The maximum atomic E-state index is 13.2. The summed E-state index contributed by atoms with van der Waals surface area (Å²) in [6.45, 7) is 11.7. The van der Waals surface area contributed by atoms with Gasteiger partial charge in [0, 0.05) is 55.4 Å². The summed E-state index contributed by atoms with van der Waals surface area (Å²) in [5, 5.41) is 4.64. The van der Waals surface area contributed by atoms with Gasteiger partial charge in [-0.15, -0.1) is 0 Å². The second-order valence-electron chi connectivity index (χ2n) is 9.03. The lowest BCUT2D eigenvalue weighted by Gasteiger charge is -2.35. The van der Waals surface area contributed by atoms with E-state index < -0.39 is 0 Å². The van der Waals surface area contributed by atoms with Gasteiger partial charge in [0.25, 0.3) is 5.95 Å². The lowest BCUT2D eigenvalue weighted by Crippen LogP contribution is -2.48. The summed E-state index contributed by atoms with van der Waals surface area (Å²) in [7, 11) is 3.28. The number of carbonyl (C=O) groups excluding carboxylic acids is 1. The van der Waals surface area contributed by atoms with Crippen molar-refractivity contribution < 1.29 is 14.3 Å². The molecule has 1 aliphatic heterocycles. The highest BCUT2D eigenvalue weighted by Crippen LogP contribution is 2.28. The molecular formula is C26H34N6O3. The van der Waals surface area contributed by atoms with Gasteiger partial charge in [-0.3, -0.25) is 9.69 Å². The third-order valence-corrected chi connectivity index (χ3v) is 6.51. The Kier molecular flexibility index (Phi) is 7.35. The summed E-state index contributed by atoms with van der Waals surface area (Å²) in [4.78, 5) is 26.5. The second-order valence-corrected chi connectivity index (χ2v) is 9.03. The molecule has 1 fully saturated rings. The molecule has 0 aliphatic carbocycles. The van der Waals surface area contributed by atoms with Crippen LogP contribution in [-0.2, 0) is 17.8 Å². The highest BCUT2D eigenvalue weighted by molar-refractivity contribution is 5.79. The molecule has 3 aromatic rings. The zero-order valence-corrected chi connectivity index (χ0v) is 21.5. The summed E-state index contributed by atoms with van der Waals surface area (Å²) in [6, 6.07) is 7.94. The van der Waals surface area contributed by atoms with Gasteiger partial charge in [-0.2, -0.15) is 5.10 Å². The number of aromatic nitrogens is 4. The molecule has 1 saturated heterocycles. The van der Waals surface area contributed by atoms with Gasteiger partial charge < -0.3 is 14.4 Å². The van der Waals surface area contributed by atoms with Crippen molar-refractivity contribution in [2.24, 2.45) is 0 Å². The molecule has 4 rings (SSSR count). The molecule has 1 amide bonds. The molecule has 3 heterocycles. The average molecular weight is 479 g/mol. The molecule has 0 saturated carbocycles. The van der Waals surface area contributed by atoms with Crippen LogP contribution in [-0.4, -0.2) is 75.9 Å². The van der Waals surface area contributed by atoms with Crippen LogP contribution >= 0.6 is 0 Å². The number of hydrogen-bond donors (Lipinski definition) is 0. The van der Waals surface area contributed by atoms with E-state index in [1.807, 2.05) is 50.8 Å². The minimum atomic E-state index is 0.128. The zero-order valence-electron chi connectivity index (χ0n) is 21.5. The Hall–Kier alpha value is -3.46. The first-order valence-electron chi connectivity index (χ1n) is 11.9. The number of methoxy groups -OCH3 is 2. The molecule has 0 radical (unpaired) electrons. The number of amides is 1. The molecule has 35 heavy (non-hydrogen) atoms. The van der Waals surface area contributed by atoms with Crippen LogP contribution in [0.3, 0.4) is 0 Å². The van der Waals surface area contributed by atoms with Gasteiger partial charge >= 0.3 is 0 Å². The smallest absolute Gasteiger partial charge is 0.251 e. The first kappa shape index (κ1) is 24.7. The highest BCUT2D eigenvalue weighted by Gasteiger charge is 2.24. The molecule has 9 nitrogen and oxygen atoms in total. The average Bonchev–Trinajstić information content (AvgIpc) is 3.12. The molecule has 9 heteroatoms. The Morgan fingerprint density at radius 2 is 1.57 bits per heavy atom. The van der Waals surface area contributed by atoms with E-state index in [1.54, 1.807) is 18.9 Å². The number of rotatable bonds is 7. The number of nitrogens with zero attached hydrogens (tertiary/aromatic N) is 6. The van der Waals surface area contributed by atoms with Crippen LogP contribution in [0.25, 0.3) is 5.95 Å². The van der Waals surface area contributed by atoms with Crippen molar-refractivity contribution in [1.82, 2.24) is 29.5 Å². The predicted molar refractivity (Wildman–Crippen MR) is 133 cm³/mol. The SMILES string of the molecule is COc1ccc(CN2CCN(C(=O)Cc3c(C)nn(-c4nc(C)cc(C)n4)c3C)CC2)cc1OC. The molecule has 0 spiro atoms. The second kappa shape index (κ2) is 10.4. The van der Waals surface area contributed by atoms with E-state index in [0.29, 0.717) is 25.5 Å². The van der Waals surface area contributed by atoms with E-state index in [9.17, 15) is 4.79 Å². The minimum absolute atomic E-state index is 0.128. The first-order chi connectivity index (χ1) is 16.8. The van der Waals surface area contributed by atoms with E-state index in [2.05, 4.69) is 26.0 Å². The van der Waals surface area contributed by atoms with Gasteiger partial charge in [-0.25, -0.2) is 14.6 Å². The maximum absolute atomic E-state index is 13.2. The van der Waals surface area contributed by atoms with Gasteiger partial charge in [0.05, 0.1) is 26.3 Å². The van der Waals surface area contributed by atoms with Crippen LogP contribution in [0.5, 0.6) is 11.5 Å². The largest absolute Gasteiger partial charge is 0.493 e. The normalized spacial score (nSPS) is 14.3. The fourth-order valence-corrected chi connectivity index (χ4v) is 4.58. The van der Waals surface area contributed by atoms with E-state index in [-0.39, 0.29) is 5.91 Å². The topological polar surface area (TPSA) is 85.6 Å². The van der Waals surface area contributed by atoms with Crippen molar-refractivity contribution in [3.63, 3.8) is 0 Å². The number of piperazine rings is 1. The Morgan fingerprint density at radius 1 is 0.914 bits per heavy atom. The first-order valence-corrected chi connectivity index (χ1v) is 11.9. The summed E-state index contributed by atoms with van der Waals surface area (Å²) in [6.07, 6.45) is 0.331. The summed E-state index contributed by atoms with van der Waals surface area (Å²) >= 11 is 0. The lowest BCUT2D eigenvalue weighted by atomic mass is 10.1. The van der Waals surface area contributed by atoms with Crippen LogP contribution in [0.15, 0.2) is 24.3 Å². The van der Waals surface area contributed by atoms with Crippen molar-refractivity contribution in [1.29, 1.82) is 0 Å². The van der Waals surface area contributed by atoms with Gasteiger partial charge in [0.15, 0.2) is 11.5 Å². The zero-order chi connectivity index (χ0) is 25.1. The van der Waals surface area contributed by atoms with E-state index >= 15 is 0 Å². The van der Waals surface area contributed by atoms with Gasteiger partial charge in [0.2, 0.25) is 5.91 Å². The number of benzene rings is 1. The van der Waals surface area contributed by atoms with E-state index in [0.717, 1.165) is 65.0 Å². The Morgan fingerprint density at radius 3 is 2.20 bits per heavy atom. The number of aryl methyl sites for hydroxylation is 3. The Bertz CT molecular complexity index is 1190. The lowest BCUT2D eigenvalue weighted by molar-refractivity contribution is -0.132. The summed E-state index contributed by atoms with van der Waals surface area (Å²) in [5.41, 5.74) is 5.64. The molecule has 186 valence electrons. The fourth-order valence-electron chi connectivity index (χ4n) is 4.58. The molecule has 0 N–H and O–H groups in total. The van der Waals surface area contributed by atoms with E-state index in [4.69, 9.17) is 9.47 Å². The molecule has 0 atom stereocenters. The van der Waals surface area contributed by atoms with Crippen LogP contribution < -0.4 is 9.47 Å². The van der Waals surface area contributed by atoms with Crippen LogP contribution in [0.1, 0.15) is 33.9 Å². The number of hydrogen-bond acceptors (Lipinski definition) is 7.